The van der Waals surface area contributed by atoms with Crippen molar-refractivity contribution in [1.29, 1.82) is 0 Å². The van der Waals surface area contributed by atoms with Crippen molar-refractivity contribution in [3.8, 4) is 0 Å². The van der Waals surface area contributed by atoms with Crippen molar-refractivity contribution >= 4 is 29.1 Å². The van der Waals surface area contributed by atoms with Crippen LogP contribution in [0.5, 0.6) is 0 Å². The molecule has 1 amide bonds. The summed E-state index contributed by atoms with van der Waals surface area (Å²) in [5.41, 5.74) is 3.41. The highest BCUT2D eigenvalue weighted by Crippen LogP contribution is 2.27. The monoisotopic (exact) mass is 374 g/mol. The highest BCUT2D eigenvalue weighted by Gasteiger charge is 2.32. The zero-order valence-corrected chi connectivity index (χ0v) is 15.4. The third-order valence-corrected chi connectivity index (χ3v) is 5.84. The zero-order valence-electron chi connectivity index (χ0n) is 13.9. The fourth-order valence-corrected chi connectivity index (χ4v) is 4.38. The van der Waals surface area contributed by atoms with Gasteiger partial charge in [-0.05, 0) is 42.2 Å². The largest absolute Gasteiger partial charge is 0.337 e. The summed E-state index contributed by atoms with van der Waals surface area (Å²) in [5.74, 6) is 0.00146. The molecule has 2 aliphatic rings. The topological polar surface area (TPSA) is 23.6 Å². The quantitative estimate of drug-likeness (QED) is 0.783. The van der Waals surface area contributed by atoms with Crippen LogP contribution in [0.4, 0.5) is 0 Å². The van der Waals surface area contributed by atoms with Gasteiger partial charge in [-0.2, -0.15) is 0 Å². The summed E-state index contributed by atoms with van der Waals surface area (Å²) in [5, 5.41) is 0.973. The maximum absolute atomic E-state index is 12.8. The van der Waals surface area contributed by atoms with Gasteiger partial charge >= 0.3 is 0 Å². The first-order valence-electron chi connectivity index (χ1n) is 8.67. The Morgan fingerprint density at radius 3 is 2.64 bits per heavy atom. The number of likely N-dealkylation sites (tertiary alicyclic amines) is 1. The lowest BCUT2D eigenvalue weighted by Crippen LogP contribution is -2.41. The summed E-state index contributed by atoms with van der Waals surface area (Å²) in [6.45, 7) is 3.58. The Morgan fingerprint density at radius 1 is 1.04 bits per heavy atom. The molecule has 3 nitrogen and oxygen atoms in total. The molecule has 25 heavy (non-hydrogen) atoms. The van der Waals surface area contributed by atoms with Crippen LogP contribution in [0.15, 0.2) is 42.5 Å². The Bertz CT molecular complexity index is 808. The molecule has 5 heteroatoms. The summed E-state index contributed by atoms with van der Waals surface area (Å²) in [6, 6.07) is 14.1. The number of rotatable bonds is 2. The van der Waals surface area contributed by atoms with Crippen LogP contribution < -0.4 is 0 Å². The Hall–Kier alpha value is -1.55. The van der Waals surface area contributed by atoms with E-state index >= 15 is 0 Å². The summed E-state index contributed by atoms with van der Waals surface area (Å²) in [7, 11) is 0. The van der Waals surface area contributed by atoms with Crippen molar-refractivity contribution in [2.45, 2.75) is 25.4 Å². The van der Waals surface area contributed by atoms with Gasteiger partial charge in [-0.25, -0.2) is 0 Å². The van der Waals surface area contributed by atoms with E-state index < -0.39 is 0 Å². The van der Waals surface area contributed by atoms with E-state index in [0.29, 0.717) is 21.7 Å². The molecule has 2 aliphatic heterocycles. The first kappa shape index (κ1) is 16.9. The molecular weight excluding hydrogens is 355 g/mol. The fourth-order valence-electron chi connectivity index (χ4n) is 3.89. The van der Waals surface area contributed by atoms with Crippen molar-refractivity contribution in [2.24, 2.45) is 0 Å². The van der Waals surface area contributed by atoms with Crippen molar-refractivity contribution < 1.29 is 4.79 Å². The number of carbonyl (C=O) groups excluding carboxylic acids is 1. The van der Waals surface area contributed by atoms with Crippen LogP contribution in [0.2, 0.25) is 10.0 Å². The lowest BCUT2D eigenvalue weighted by atomic mass is 9.98. The standard InChI is InChI=1S/C20H20Cl2N2O/c21-16-5-6-18(19(22)11-16)20(25)24-10-8-17(13-24)23-9-7-14-3-1-2-4-15(14)12-23/h1-6,11,17H,7-10,12-13H2. The minimum absolute atomic E-state index is 0.00146. The number of nitrogens with zero attached hydrogens (tertiary/aromatic N) is 2. The number of benzene rings is 2. The Balaban J connectivity index is 1.44. The molecule has 1 saturated heterocycles. The first-order valence-corrected chi connectivity index (χ1v) is 9.42. The van der Waals surface area contributed by atoms with E-state index in [0.717, 1.165) is 39.0 Å². The van der Waals surface area contributed by atoms with Gasteiger partial charge in [-0.3, -0.25) is 9.69 Å². The maximum Gasteiger partial charge on any atom is 0.255 e. The van der Waals surface area contributed by atoms with E-state index in [1.807, 2.05) is 4.90 Å². The van der Waals surface area contributed by atoms with Crippen molar-refractivity contribution in [3.63, 3.8) is 0 Å². The average Bonchev–Trinajstić information content (AvgIpc) is 3.11. The molecule has 2 aromatic carbocycles. The van der Waals surface area contributed by atoms with Crippen molar-refractivity contribution in [3.05, 3.63) is 69.2 Å². The van der Waals surface area contributed by atoms with Gasteiger partial charge < -0.3 is 4.90 Å². The van der Waals surface area contributed by atoms with Gasteiger partial charge in [0.05, 0.1) is 10.6 Å². The lowest BCUT2D eigenvalue weighted by molar-refractivity contribution is 0.0773. The van der Waals surface area contributed by atoms with E-state index in [1.165, 1.54) is 11.1 Å². The number of hydrogen-bond donors (Lipinski definition) is 0. The van der Waals surface area contributed by atoms with E-state index in [4.69, 9.17) is 23.2 Å². The number of carbonyl (C=O) groups is 1. The van der Waals surface area contributed by atoms with Gasteiger partial charge in [0.15, 0.2) is 0 Å². The smallest absolute Gasteiger partial charge is 0.255 e. The highest BCUT2D eigenvalue weighted by molar-refractivity contribution is 6.36. The van der Waals surface area contributed by atoms with Crippen LogP contribution in [0.25, 0.3) is 0 Å². The second kappa shape index (κ2) is 6.99. The molecule has 130 valence electrons. The van der Waals surface area contributed by atoms with Crippen molar-refractivity contribution in [2.75, 3.05) is 19.6 Å². The van der Waals surface area contributed by atoms with Gasteiger partial charge in [0.2, 0.25) is 0 Å². The van der Waals surface area contributed by atoms with Crippen molar-refractivity contribution in [1.82, 2.24) is 9.80 Å². The molecule has 1 atom stereocenters. The summed E-state index contributed by atoms with van der Waals surface area (Å²) in [4.78, 5) is 17.2. The highest BCUT2D eigenvalue weighted by atomic mass is 35.5. The van der Waals surface area contributed by atoms with Gasteiger partial charge in [0.25, 0.3) is 5.91 Å². The average molecular weight is 375 g/mol. The minimum Gasteiger partial charge on any atom is -0.337 e. The normalized spacial score (nSPS) is 20.6. The second-order valence-corrected chi connectivity index (χ2v) is 7.65. The Labute approximate surface area is 158 Å². The molecule has 1 fully saturated rings. The van der Waals surface area contributed by atoms with E-state index in [9.17, 15) is 4.79 Å². The maximum atomic E-state index is 12.8. The Morgan fingerprint density at radius 2 is 1.84 bits per heavy atom. The second-order valence-electron chi connectivity index (χ2n) is 6.81. The molecule has 0 spiro atoms. The molecule has 0 aromatic heterocycles. The number of hydrogen-bond acceptors (Lipinski definition) is 2. The molecule has 0 N–H and O–H groups in total. The molecular formula is C20H20Cl2N2O. The summed E-state index contributed by atoms with van der Waals surface area (Å²) < 4.78 is 0. The van der Waals surface area contributed by atoms with Gasteiger partial charge in [0.1, 0.15) is 0 Å². The van der Waals surface area contributed by atoms with Crippen LogP contribution in [-0.4, -0.2) is 41.4 Å². The zero-order chi connectivity index (χ0) is 17.4. The number of fused-ring (bicyclic) bond motifs is 1. The van der Waals surface area contributed by atoms with E-state index in [1.54, 1.807) is 18.2 Å². The van der Waals surface area contributed by atoms with Gasteiger partial charge in [-0.1, -0.05) is 47.5 Å². The van der Waals surface area contributed by atoms with E-state index in [2.05, 4.69) is 29.2 Å². The first-order chi connectivity index (χ1) is 12.1. The molecule has 2 aromatic rings. The molecule has 1 unspecified atom stereocenters. The number of halogens is 2. The summed E-state index contributed by atoms with van der Waals surface area (Å²) >= 11 is 12.1. The SMILES string of the molecule is O=C(c1ccc(Cl)cc1Cl)N1CCC(N2CCc3ccccc3C2)C1. The fraction of sp³-hybridized carbons (Fsp3) is 0.350. The van der Waals surface area contributed by atoms with Crippen LogP contribution in [0.1, 0.15) is 27.9 Å². The van der Waals surface area contributed by atoms with E-state index in [-0.39, 0.29) is 5.91 Å². The summed E-state index contributed by atoms with van der Waals surface area (Å²) in [6.07, 6.45) is 2.10. The minimum atomic E-state index is 0.00146. The van der Waals surface area contributed by atoms with Gasteiger partial charge in [0, 0.05) is 37.2 Å². The molecule has 0 saturated carbocycles. The van der Waals surface area contributed by atoms with Crippen LogP contribution in [0.3, 0.4) is 0 Å². The predicted molar refractivity (Wildman–Crippen MR) is 101 cm³/mol. The lowest BCUT2D eigenvalue weighted by Gasteiger charge is -2.33. The molecule has 0 aliphatic carbocycles. The molecule has 2 heterocycles. The predicted octanol–water partition coefficient (Wildman–Crippen LogP) is 4.27. The number of amides is 1. The van der Waals surface area contributed by atoms with Crippen LogP contribution >= 0.6 is 23.2 Å². The van der Waals surface area contributed by atoms with Gasteiger partial charge in [-0.15, -0.1) is 0 Å². The molecule has 4 rings (SSSR count). The molecule has 0 radical (unpaired) electrons. The van der Waals surface area contributed by atoms with Crippen LogP contribution in [0, 0.1) is 0 Å². The van der Waals surface area contributed by atoms with Crippen LogP contribution in [-0.2, 0) is 13.0 Å². The third kappa shape index (κ3) is 3.41. The molecule has 0 bridgehead atoms. The third-order valence-electron chi connectivity index (χ3n) is 5.29. The Kier molecular flexibility index (Phi) is 4.72.